The van der Waals surface area contributed by atoms with E-state index in [0.29, 0.717) is 17.2 Å². The van der Waals surface area contributed by atoms with Crippen molar-refractivity contribution >= 4 is 11.6 Å². The first-order chi connectivity index (χ1) is 12.6. The van der Waals surface area contributed by atoms with Crippen LogP contribution in [0.4, 0.5) is 5.69 Å². The second-order valence-electron chi connectivity index (χ2n) is 6.03. The third-order valence-electron chi connectivity index (χ3n) is 3.95. The molecule has 3 rings (SSSR count). The molecule has 0 aliphatic carbocycles. The zero-order chi connectivity index (χ0) is 18.4. The monoisotopic (exact) mass is 347 g/mol. The Kier molecular flexibility index (Phi) is 5.54. The summed E-state index contributed by atoms with van der Waals surface area (Å²) < 4.78 is 11.3. The lowest BCUT2D eigenvalue weighted by atomic mass is 10.1. The van der Waals surface area contributed by atoms with E-state index in [-0.39, 0.29) is 12.5 Å². The minimum absolute atomic E-state index is 0.0494. The predicted octanol–water partition coefficient (Wildman–Crippen LogP) is 5.11. The molecule has 0 spiro atoms. The number of nitrogens with one attached hydrogen (secondary N) is 1. The standard InChI is InChI=1S/C22H21NO3/c1-16-11-12-21(13-17(16)2)26-20-10-6-7-18(14-20)23-22(24)15-25-19-8-4-3-5-9-19/h3-14H,15H2,1-2H3,(H,23,24). The van der Waals surface area contributed by atoms with Crippen LogP contribution in [0.15, 0.2) is 72.8 Å². The second-order valence-corrected chi connectivity index (χ2v) is 6.03. The maximum atomic E-state index is 12.1. The van der Waals surface area contributed by atoms with Gasteiger partial charge in [-0.2, -0.15) is 0 Å². The smallest absolute Gasteiger partial charge is 0.262 e. The van der Waals surface area contributed by atoms with Gasteiger partial charge in [-0.1, -0.05) is 30.3 Å². The molecule has 4 nitrogen and oxygen atoms in total. The Bertz CT molecular complexity index is 891. The Morgan fingerprint density at radius 3 is 2.31 bits per heavy atom. The van der Waals surface area contributed by atoms with Gasteiger partial charge in [-0.05, 0) is 61.4 Å². The number of para-hydroxylation sites is 1. The van der Waals surface area contributed by atoms with Gasteiger partial charge in [0.2, 0.25) is 0 Å². The molecule has 0 heterocycles. The van der Waals surface area contributed by atoms with Crippen molar-refractivity contribution < 1.29 is 14.3 Å². The molecule has 0 aliphatic rings. The van der Waals surface area contributed by atoms with Crippen LogP contribution in [0.1, 0.15) is 11.1 Å². The molecule has 4 heteroatoms. The van der Waals surface area contributed by atoms with E-state index >= 15 is 0 Å². The lowest BCUT2D eigenvalue weighted by Crippen LogP contribution is -2.20. The topological polar surface area (TPSA) is 47.6 Å². The average molecular weight is 347 g/mol. The minimum Gasteiger partial charge on any atom is -0.484 e. The Balaban J connectivity index is 1.59. The second kappa shape index (κ2) is 8.21. The van der Waals surface area contributed by atoms with Crippen LogP contribution >= 0.6 is 0 Å². The quantitative estimate of drug-likeness (QED) is 0.674. The molecule has 26 heavy (non-hydrogen) atoms. The lowest BCUT2D eigenvalue weighted by Gasteiger charge is -2.11. The Labute approximate surface area is 153 Å². The van der Waals surface area contributed by atoms with Gasteiger partial charge < -0.3 is 14.8 Å². The van der Waals surface area contributed by atoms with Crippen LogP contribution in [0.5, 0.6) is 17.2 Å². The van der Waals surface area contributed by atoms with Gasteiger partial charge in [0.1, 0.15) is 17.2 Å². The van der Waals surface area contributed by atoms with E-state index < -0.39 is 0 Å². The van der Waals surface area contributed by atoms with E-state index in [1.165, 1.54) is 11.1 Å². The molecule has 1 amide bonds. The van der Waals surface area contributed by atoms with Crippen LogP contribution in [0, 0.1) is 13.8 Å². The fourth-order valence-corrected chi connectivity index (χ4v) is 2.41. The maximum absolute atomic E-state index is 12.1. The molecule has 0 fully saturated rings. The van der Waals surface area contributed by atoms with Gasteiger partial charge >= 0.3 is 0 Å². The SMILES string of the molecule is Cc1ccc(Oc2cccc(NC(=O)COc3ccccc3)c2)cc1C. The van der Waals surface area contributed by atoms with Crippen molar-refractivity contribution in [3.8, 4) is 17.2 Å². The Morgan fingerprint density at radius 2 is 1.54 bits per heavy atom. The number of rotatable bonds is 6. The summed E-state index contributed by atoms with van der Waals surface area (Å²) in [6.07, 6.45) is 0. The molecule has 3 aromatic carbocycles. The summed E-state index contributed by atoms with van der Waals surface area (Å²) in [4.78, 5) is 12.1. The molecule has 0 atom stereocenters. The minimum atomic E-state index is -0.225. The first kappa shape index (κ1) is 17.5. The summed E-state index contributed by atoms with van der Waals surface area (Å²) in [5.74, 6) is 1.87. The molecule has 0 saturated carbocycles. The summed E-state index contributed by atoms with van der Waals surface area (Å²) in [6.45, 7) is 4.06. The normalized spacial score (nSPS) is 10.2. The highest BCUT2D eigenvalue weighted by atomic mass is 16.5. The molecular formula is C22H21NO3. The third-order valence-corrected chi connectivity index (χ3v) is 3.95. The lowest BCUT2D eigenvalue weighted by molar-refractivity contribution is -0.118. The molecule has 3 aromatic rings. The summed E-state index contributed by atoms with van der Waals surface area (Å²) >= 11 is 0. The number of carbonyl (C=O) groups is 1. The number of ether oxygens (including phenoxy) is 2. The summed E-state index contributed by atoms with van der Waals surface area (Å²) in [6, 6.07) is 22.5. The highest BCUT2D eigenvalue weighted by Gasteiger charge is 2.06. The largest absolute Gasteiger partial charge is 0.484 e. The van der Waals surface area contributed by atoms with Crippen molar-refractivity contribution in [1.29, 1.82) is 0 Å². The fourth-order valence-electron chi connectivity index (χ4n) is 2.41. The van der Waals surface area contributed by atoms with E-state index in [4.69, 9.17) is 9.47 Å². The first-order valence-corrected chi connectivity index (χ1v) is 8.43. The predicted molar refractivity (Wildman–Crippen MR) is 103 cm³/mol. The van der Waals surface area contributed by atoms with Gasteiger partial charge in [-0.3, -0.25) is 4.79 Å². The molecule has 0 saturated heterocycles. The Hall–Kier alpha value is -3.27. The zero-order valence-electron chi connectivity index (χ0n) is 14.9. The van der Waals surface area contributed by atoms with Gasteiger partial charge in [0.25, 0.3) is 5.91 Å². The zero-order valence-corrected chi connectivity index (χ0v) is 14.9. The highest BCUT2D eigenvalue weighted by molar-refractivity contribution is 5.92. The van der Waals surface area contributed by atoms with Crippen LogP contribution in [0.2, 0.25) is 0 Å². The molecule has 0 aliphatic heterocycles. The van der Waals surface area contributed by atoms with Gasteiger partial charge in [0.15, 0.2) is 6.61 Å². The summed E-state index contributed by atoms with van der Waals surface area (Å²) in [5.41, 5.74) is 3.05. The van der Waals surface area contributed by atoms with Crippen LogP contribution in [-0.2, 0) is 4.79 Å². The average Bonchev–Trinajstić information content (AvgIpc) is 2.64. The summed E-state index contributed by atoms with van der Waals surface area (Å²) in [7, 11) is 0. The van der Waals surface area contributed by atoms with E-state index in [9.17, 15) is 4.79 Å². The molecule has 0 radical (unpaired) electrons. The van der Waals surface area contributed by atoms with Crippen LogP contribution in [-0.4, -0.2) is 12.5 Å². The summed E-state index contributed by atoms with van der Waals surface area (Å²) in [5, 5.41) is 2.81. The first-order valence-electron chi connectivity index (χ1n) is 8.43. The van der Waals surface area contributed by atoms with Crippen molar-refractivity contribution in [2.45, 2.75) is 13.8 Å². The number of hydrogen-bond donors (Lipinski definition) is 1. The van der Waals surface area contributed by atoms with Gasteiger partial charge in [-0.25, -0.2) is 0 Å². The highest BCUT2D eigenvalue weighted by Crippen LogP contribution is 2.25. The number of anilines is 1. The van der Waals surface area contributed by atoms with Crippen molar-refractivity contribution in [1.82, 2.24) is 0 Å². The van der Waals surface area contributed by atoms with Crippen LogP contribution < -0.4 is 14.8 Å². The van der Waals surface area contributed by atoms with Gasteiger partial charge in [0.05, 0.1) is 0 Å². The van der Waals surface area contributed by atoms with Crippen molar-refractivity contribution in [2.24, 2.45) is 0 Å². The number of amides is 1. The van der Waals surface area contributed by atoms with E-state index in [1.807, 2.05) is 73.7 Å². The van der Waals surface area contributed by atoms with Crippen molar-refractivity contribution in [3.63, 3.8) is 0 Å². The number of hydrogen-bond acceptors (Lipinski definition) is 3. The Morgan fingerprint density at radius 1 is 0.808 bits per heavy atom. The van der Waals surface area contributed by atoms with E-state index in [0.717, 1.165) is 5.75 Å². The van der Waals surface area contributed by atoms with Crippen molar-refractivity contribution in [2.75, 3.05) is 11.9 Å². The number of carbonyl (C=O) groups excluding carboxylic acids is 1. The van der Waals surface area contributed by atoms with Crippen LogP contribution in [0.25, 0.3) is 0 Å². The van der Waals surface area contributed by atoms with E-state index in [2.05, 4.69) is 12.2 Å². The molecule has 0 aromatic heterocycles. The van der Waals surface area contributed by atoms with Crippen molar-refractivity contribution in [3.05, 3.63) is 83.9 Å². The van der Waals surface area contributed by atoms with Crippen LogP contribution in [0.3, 0.4) is 0 Å². The molecule has 132 valence electrons. The number of benzene rings is 3. The molecule has 0 unspecified atom stereocenters. The molecular weight excluding hydrogens is 326 g/mol. The number of aryl methyl sites for hydroxylation is 2. The molecule has 0 bridgehead atoms. The third kappa shape index (κ3) is 4.86. The van der Waals surface area contributed by atoms with Gasteiger partial charge in [-0.15, -0.1) is 0 Å². The van der Waals surface area contributed by atoms with E-state index in [1.54, 1.807) is 6.07 Å². The maximum Gasteiger partial charge on any atom is 0.262 e. The fraction of sp³-hybridized carbons (Fsp3) is 0.136. The van der Waals surface area contributed by atoms with Gasteiger partial charge in [0, 0.05) is 11.8 Å². The molecule has 1 N–H and O–H groups in total.